The number of anilines is 1. The van der Waals surface area contributed by atoms with Gasteiger partial charge in [0, 0.05) is 30.4 Å². The van der Waals surface area contributed by atoms with Crippen LogP contribution in [0.2, 0.25) is 0 Å². The molecule has 0 saturated carbocycles. The van der Waals surface area contributed by atoms with Gasteiger partial charge >= 0.3 is 0 Å². The molecule has 1 aliphatic rings. The summed E-state index contributed by atoms with van der Waals surface area (Å²) in [6, 6.07) is 8.14. The molecule has 1 aromatic rings. The summed E-state index contributed by atoms with van der Waals surface area (Å²) in [7, 11) is 0. The van der Waals surface area contributed by atoms with E-state index >= 15 is 0 Å². The average Bonchev–Trinajstić information content (AvgIpc) is 2.33. The van der Waals surface area contributed by atoms with Crippen molar-refractivity contribution in [2.24, 2.45) is 11.1 Å². The topological polar surface area (TPSA) is 46.3 Å². The highest BCUT2D eigenvalue weighted by molar-refractivity contribution is 5.94. The van der Waals surface area contributed by atoms with Crippen molar-refractivity contribution in [2.75, 3.05) is 18.0 Å². The molecule has 0 aromatic heterocycles. The van der Waals surface area contributed by atoms with Gasteiger partial charge in [0.1, 0.15) is 0 Å². The molecule has 1 aliphatic heterocycles. The number of benzene rings is 1. The van der Waals surface area contributed by atoms with E-state index in [0.29, 0.717) is 0 Å². The number of nitrogens with two attached hydrogens (primary N) is 1. The van der Waals surface area contributed by atoms with Crippen LogP contribution in [-0.4, -0.2) is 24.9 Å². The number of ketones is 1. The van der Waals surface area contributed by atoms with E-state index < -0.39 is 0 Å². The molecule has 1 saturated heterocycles. The van der Waals surface area contributed by atoms with Crippen molar-refractivity contribution in [1.29, 1.82) is 0 Å². The molecular weight excluding hydrogens is 224 g/mol. The Labute approximate surface area is 109 Å². The van der Waals surface area contributed by atoms with Crippen LogP contribution >= 0.6 is 0 Å². The van der Waals surface area contributed by atoms with Crippen LogP contribution in [0, 0.1) is 5.41 Å². The van der Waals surface area contributed by atoms with E-state index in [2.05, 4.69) is 18.7 Å². The van der Waals surface area contributed by atoms with E-state index in [1.807, 2.05) is 24.3 Å². The van der Waals surface area contributed by atoms with Crippen LogP contribution in [0.25, 0.3) is 0 Å². The van der Waals surface area contributed by atoms with E-state index in [9.17, 15) is 4.79 Å². The lowest BCUT2D eigenvalue weighted by molar-refractivity contribution is 0.101. The van der Waals surface area contributed by atoms with Gasteiger partial charge in [-0.3, -0.25) is 4.79 Å². The van der Waals surface area contributed by atoms with E-state index in [-0.39, 0.29) is 17.2 Å². The van der Waals surface area contributed by atoms with Crippen molar-refractivity contribution in [2.45, 2.75) is 33.2 Å². The molecule has 0 bridgehead atoms. The quantitative estimate of drug-likeness (QED) is 0.815. The zero-order valence-corrected chi connectivity index (χ0v) is 11.4. The Bertz CT molecular complexity index is 436. The summed E-state index contributed by atoms with van der Waals surface area (Å²) < 4.78 is 0. The lowest BCUT2D eigenvalue weighted by Crippen LogP contribution is -2.52. The van der Waals surface area contributed by atoms with E-state index in [1.165, 1.54) is 5.69 Å². The molecule has 0 spiro atoms. The fourth-order valence-electron chi connectivity index (χ4n) is 2.50. The highest BCUT2D eigenvalue weighted by Gasteiger charge is 2.33. The minimum absolute atomic E-state index is 0.113. The van der Waals surface area contributed by atoms with Crippen molar-refractivity contribution >= 4 is 11.5 Å². The van der Waals surface area contributed by atoms with Gasteiger partial charge in [-0.05, 0) is 43.0 Å². The first-order chi connectivity index (χ1) is 8.40. The summed E-state index contributed by atoms with van der Waals surface area (Å²) in [5, 5.41) is 0. The van der Waals surface area contributed by atoms with Crippen LogP contribution in [0.5, 0.6) is 0 Å². The highest BCUT2D eigenvalue weighted by Crippen LogP contribution is 2.30. The van der Waals surface area contributed by atoms with Crippen LogP contribution in [0.1, 0.15) is 37.6 Å². The second kappa shape index (κ2) is 4.73. The summed E-state index contributed by atoms with van der Waals surface area (Å²) in [6.45, 7) is 7.98. The summed E-state index contributed by atoms with van der Waals surface area (Å²) in [5.41, 5.74) is 8.23. The van der Waals surface area contributed by atoms with E-state index in [4.69, 9.17) is 5.73 Å². The summed E-state index contributed by atoms with van der Waals surface area (Å²) >= 11 is 0. The van der Waals surface area contributed by atoms with Crippen LogP contribution in [0.3, 0.4) is 0 Å². The monoisotopic (exact) mass is 246 g/mol. The van der Waals surface area contributed by atoms with E-state index in [0.717, 1.165) is 25.1 Å². The number of hydrogen-bond acceptors (Lipinski definition) is 3. The Kier molecular flexibility index (Phi) is 3.44. The first kappa shape index (κ1) is 13.1. The third kappa shape index (κ3) is 2.56. The first-order valence-corrected chi connectivity index (χ1v) is 6.52. The van der Waals surface area contributed by atoms with Crippen molar-refractivity contribution in [3.8, 4) is 0 Å². The van der Waals surface area contributed by atoms with Crippen LogP contribution in [0.15, 0.2) is 24.3 Å². The first-order valence-electron chi connectivity index (χ1n) is 6.52. The third-order valence-corrected chi connectivity index (χ3v) is 3.95. The maximum Gasteiger partial charge on any atom is 0.159 e. The molecule has 1 heterocycles. The molecule has 1 atom stereocenters. The zero-order chi connectivity index (χ0) is 13.3. The molecule has 1 aromatic carbocycles. The lowest BCUT2D eigenvalue weighted by Gasteiger charge is -2.43. The van der Waals surface area contributed by atoms with Crippen molar-refractivity contribution < 1.29 is 4.79 Å². The maximum atomic E-state index is 11.2. The SMILES string of the molecule is CC(=O)c1ccc(N2CCC(N)C(C)(C)C2)cc1. The Morgan fingerprint density at radius 2 is 1.94 bits per heavy atom. The van der Waals surface area contributed by atoms with Gasteiger partial charge < -0.3 is 10.6 Å². The number of hydrogen-bond donors (Lipinski definition) is 1. The maximum absolute atomic E-state index is 11.2. The minimum atomic E-state index is 0.113. The van der Waals surface area contributed by atoms with Gasteiger partial charge in [0.25, 0.3) is 0 Å². The van der Waals surface area contributed by atoms with Gasteiger partial charge in [-0.2, -0.15) is 0 Å². The predicted octanol–water partition coefficient (Wildman–Crippen LogP) is 2.45. The third-order valence-electron chi connectivity index (χ3n) is 3.95. The Morgan fingerprint density at radius 1 is 1.33 bits per heavy atom. The second-order valence-corrected chi connectivity index (χ2v) is 5.91. The van der Waals surface area contributed by atoms with Crippen molar-refractivity contribution in [3.63, 3.8) is 0 Å². The molecule has 1 unspecified atom stereocenters. The molecule has 3 nitrogen and oxygen atoms in total. The molecule has 18 heavy (non-hydrogen) atoms. The number of rotatable bonds is 2. The number of nitrogens with zero attached hydrogens (tertiary/aromatic N) is 1. The van der Waals surface area contributed by atoms with Gasteiger partial charge in [-0.25, -0.2) is 0 Å². The van der Waals surface area contributed by atoms with Crippen molar-refractivity contribution in [3.05, 3.63) is 29.8 Å². The molecule has 0 radical (unpaired) electrons. The lowest BCUT2D eigenvalue weighted by atomic mass is 9.79. The number of carbonyl (C=O) groups is 1. The number of Topliss-reactive ketones (excluding diaryl/α,β-unsaturated/α-hetero) is 1. The van der Waals surface area contributed by atoms with Gasteiger partial charge in [-0.1, -0.05) is 13.8 Å². The summed E-state index contributed by atoms with van der Waals surface area (Å²) in [6.07, 6.45) is 1.02. The van der Waals surface area contributed by atoms with Gasteiger partial charge in [-0.15, -0.1) is 0 Å². The molecule has 0 aliphatic carbocycles. The molecule has 98 valence electrons. The fraction of sp³-hybridized carbons (Fsp3) is 0.533. The number of piperidine rings is 1. The second-order valence-electron chi connectivity index (χ2n) is 5.91. The van der Waals surface area contributed by atoms with Gasteiger partial charge in [0.05, 0.1) is 0 Å². The van der Waals surface area contributed by atoms with Crippen molar-refractivity contribution in [1.82, 2.24) is 0 Å². The highest BCUT2D eigenvalue weighted by atomic mass is 16.1. The standard InChI is InChI=1S/C15H22N2O/c1-11(18)12-4-6-13(7-5-12)17-9-8-14(16)15(2,3)10-17/h4-7,14H,8-10,16H2,1-3H3. The van der Waals surface area contributed by atoms with Gasteiger partial charge in [0.2, 0.25) is 0 Å². The molecular formula is C15H22N2O. The van der Waals surface area contributed by atoms with Gasteiger partial charge in [0.15, 0.2) is 5.78 Å². The Balaban J connectivity index is 2.15. The summed E-state index contributed by atoms with van der Waals surface area (Å²) in [4.78, 5) is 13.6. The van der Waals surface area contributed by atoms with E-state index in [1.54, 1.807) is 6.92 Å². The van der Waals surface area contributed by atoms with Crippen LogP contribution in [-0.2, 0) is 0 Å². The van der Waals surface area contributed by atoms with Crippen LogP contribution < -0.4 is 10.6 Å². The Morgan fingerprint density at radius 3 is 2.44 bits per heavy atom. The molecule has 1 fully saturated rings. The van der Waals surface area contributed by atoms with Crippen LogP contribution in [0.4, 0.5) is 5.69 Å². The Hall–Kier alpha value is -1.35. The molecule has 0 amide bonds. The summed E-state index contributed by atoms with van der Waals surface area (Å²) in [5.74, 6) is 0.113. The largest absolute Gasteiger partial charge is 0.371 e. The molecule has 2 N–H and O–H groups in total. The molecule has 2 rings (SSSR count). The smallest absolute Gasteiger partial charge is 0.159 e. The average molecular weight is 246 g/mol. The molecule has 3 heteroatoms. The fourth-order valence-corrected chi connectivity index (χ4v) is 2.50. The number of carbonyl (C=O) groups excluding carboxylic acids is 1. The predicted molar refractivity (Wildman–Crippen MR) is 75.0 cm³/mol. The minimum Gasteiger partial charge on any atom is -0.371 e. The normalized spacial score (nSPS) is 22.9. The zero-order valence-electron chi connectivity index (χ0n) is 11.4.